The first-order valence-electron chi connectivity index (χ1n) is 8.40. The molecule has 1 N–H and O–H groups in total. The molecule has 0 spiro atoms. The van der Waals surface area contributed by atoms with Gasteiger partial charge in [-0.2, -0.15) is 4.37 Å². The van der Waals surface area contributed by atoms with Crippen molar-refractivity contribution < 1.29 is 14.5 Å². The summed E-state index contributed by atoms with van der Waals surface area (Å²) >= 11 is 1.30. The SMILES string of the molecule is Cc1nsc(-c2nnc3n2CCN(C(=O)c2cccc4c2ONO4)[C@@H]3C)n1. The average Bonchev–Trinajstić information content (AvgIpc) is 3.39. The summed E-state index contributed by atoms with van der Waals surface area (Å²) < 4.78 is 6.21. The third-order valence-electron chi connectivity index (χ3n) is 4.67. The molecule has 11 heteroatoms. The molecule has 138 valence electrons. The Morgan fingerprint density at radius 1 is 1.30 bits per heavy atom. The van der Waals surface area contributed by atoms with Gasteiger partial charge in [0.05, 0.1) is 11.6 Å². The highest BCUT2D eigenvalue weighted by Crippen LogP contribution is 2.36. The van der Waals surface area contributed by atoms with Crippen molar-refractivity contribution in [3.8, 4) is 22.3 Å². The van der Waals surface area contributed by atoms with Crippen LogP contribution in [0.2, 0.25) is 0 Å². The summed E-state index contributed by atoms with van der Waals surface area (Å²) in [7, 11) is 0. The fraction of sp³-hybridized carbons (Fsp3) is 0.312. The Morgan fingerprint density at radius 2 is 2.19 bits per heavy atom. The lowest BCUT2D eigenvalue weighted by molar-refractivity contribution is 0.0250. The molecule has 0 fully saturated rings. The van der Waals surface area contributed by atoms with E-state index < -0.39 is 0 Å². The minimum Gasteiger partial charge on any atom is -0.370 e. The molecule has 1 aromatic carbocycles. The Balaban J connectivity index is 1.47. The van der Waals surface area contributed by atoms with Gasteiger partial charge >= 0.3 is 0 Å². The molecule has 0 radical (unpaired) electrons. The van der Waals surface area contributed by atoms with E-state index in [0.717, 1.165) is 10.8 Å². The van der Waals surface area contributed by atoms with Gasteiger partial charge in [0.15, 0.2) is 22.4 Å². The number of hydrogen-bond donors (Lipinski definition) is 1. The van der Waals surface area contributed by atoms with E-state index in [-0.39, 0.29) is 11.9 Å². The van der Waals surface area contributed by atoms with Gasteiger partial charge in [-0.25, -0.2) is 4.98 Å². The van der Waals surface area contributed by atoms with Gasteiger partial charge in [-0.1, -0.05) is 6.07 Å². The van der Waals surface area contributed by atoms with Gasteiger partial charge in [0.1, 0.15) is 5.82 Å². The number of nitrogens with one attached hydrogen (secondary N) is 1. The second kappa shape index (κ2) is 5.99. The second-order valence-corrected chi connectivity index (χ2v) is 7.03. The van der Waals surface area contributed by atoms with E-state index in [4.69, 9.17) is 9.68 Å². The summed E-state index contributed by atoms with van der Waals surface area (Å²) in [6, 6.07) is 4.97. The van der Waals surface area contributed by atoms with Gasteiger partial charge in [0.25, 0.3) is 5.91 Å². The van der Waals surface area contributed by atoms with Gasteiger partial charge in [-0.15, -0.1) is 10.2 Å². The molecule has 10 nitrogen and oxygen atoms in total. The smallest absolute Gasteiger partial charge is 0.258 e. The van der Waals surface area contributed by atoms with Crippen molar-refractivity contribution in [2.75, 3.05) is 6.54 Å². The Hall–Kier alpha value is -3.05. The molecule has 4 heterocycles. The number of carbonyl (C=O) groups excluding carboxylic acids is 1. The molecule has 0 saturated heterocycles. The fourth-order valence-electron chi connectivity index (χ4n) is 3.34. The summed E-state index contributed by atoms with van der Waals surface area (Å²) in [6.07, 6.45) is 0. The van der Waals surface area contributed by atoms with Crippen molar-refractivity contribution >= 4 is 17.4 Å². The normalized spacial score (nSPS) is 17.9. The molecule has 1 atom stereocenters. The standard InChI is InChI=1S/C16H15N7O3S/c1-8-13-18-19-14(15-17-9(2)20-27-15)23(13)7-6-22(8)16(24)10-4-3-5-11-12(10)26-21-25-11/h3-5,8,21H,6-7H2,1-2H3/t8-/m1/s1. The van der Waals surface area contributed by atoms with Gasteiger partial charge in [0.2, 0.25) is 5.75 Å². The molecule has 1 amide bonds. The molecule has 0 aliphatic carbocycles. The number of para-hydroxylation sites is 1. The quantitative estimate of drug-likeness (QED) is 0.707. The van der Waals surface area contributed by atoms with Gasteiger partial charge in [0, 0.05) is 18.7 Å². The van der Waals surface area contributed by atoms with Crippen LogP contribution in [-0.4, -0.2) is 41.5 Å². The third kappa shape index (κ3) is 2.46. The van der Waals surface area contributed by atoms with Crippen LogP contribution < -0.4 is 15.3 Å². The predicted octanol–water partition coefficient (Wildman–Crippen LogP) is 1.51. The summed E-state index contributed by atoms with van der Waals surface area (Å²) in [5.41, 5.74) is 2.77. The van der Waals surface area contributed by atoms with Gasteiger partial charge < -0.3 is 19.1 Å². The number of rotatable bonds is 2. The molecular weight excluding hydrogens is 370 g/mol. The Morgan fingerprint density at radius 3 is 3.00 bits per heavy atom. The highest BCUT2D eigenvalue weighted by molar-refractivity contribution is 7.09. The summed E-state index contributed by atoms with van der Waals surface area (Å²) in [5.74, 6) is 2.86. The molecule has 2 aliphatic heterocycles. The molecule has 5 rings (SSSR count). The van der Waals surface area contributed by atoms with Crippen molar-refractivity contribution in [3.05, 3.63) is 35.4 Å². The van der Waals surface area contributed by atoms with Crippen LogP contribution in [0.4, 0.5) is 0 Å². The number of nitrogens with zero attached hydrogens (tertiary/aromatic N) is 6. The van der Waals surface area contributed by atoms with Crippen LogP contribution in [0.1, 0.15) is 35.0 Å². The number of carbonyl (C=O) groups is 1. The first-order chi connectivity index (χ1) is 13.1. The minimum atomic E-state index is -0.243. The van der Waals surface area contributed by atoms with E-state index in [1.807, 2.05) is 18.4 Å². The molecule has 27 heavy (non-hydrogen) atoms. The minimum absolute atomic E-state index is 0.144. The summed E-state index contributed by atoms with van der Waals surface area (Å²) in [6.45, 7) is 4.88. The van der Waals surface area contributed by atoms with E-state index in [1.54, 1.807) is 23.1 Å². The largest absolute Gasteiger partial charge is 0.370 e. The van der Waals surface area contributed by atoms with Crippen LogP contribution >= 0.6 is 11.5 Å². The highest BCUT2D eigenvalue weighted by Gasteiger charge is 2.35. The molecule has 0 unspecified atom stereocenters. The lowest BCUT2D eigenvalue weighted by atomic mass is 10.1. The lowest BCUT2D eigenvalue weighted by Crippen LogP contribution is -2.41. The van der Waals surface area contributed by atoms with Crippen molar-refractivity contribution in [1.29, 1.82) is 0 Å². The summed E-state index contributed by atoms with van der Waals surface area (Å²) in [4.78, 5) is 29.7. The fourth-order valence-corrected chi connectivity index (χ4v) is 4.01. The van der Waals surface area contributed by atoms with Crippen molar-refractivity contribution in [1.82, 2.24) is 34.7 Å². The van der Waals surface area contributed by atoms with Gasteiger partial charge in [-0.3, -0.25) is 4.79 Å². The number of fused-ring (bicyclic) bond motifs is 2. The van der Waals surface area contributed by atoms with Crippen LogP contribution in [0.5, 0.6) is 11.5 Å². The van der Waals surface area contributed by atoms with E-state index >= 15 is 0 Å². The van der Waals surface area contributed by atoms with Crippen molar-refractivity contribution in [2.24, 2.45) is 0 Å². The van der Waals surface area contributed by atoms with Gasteiger partial charge in [-0.05, 0) is 37.5 Å². The van der Waals surface area contributed by atoms with Crippen LogP contribution in [0.3, 0.4) is 0 Å². The van der Waals surface area contributed by atoms with Crippen molar-refractivity contribution in [2.45, 2.75) is 26.4 Å². The molecular formula is C16H15N7O3S. The zero-order valence-electron chi connectivity index (χ0n) is 14.5. The topological polar surface area (TPSA) is 107 Å². The van der Waals surface area contributed by atoms with Crippen LogP contribution in [0.25, 0.3) is 10.8 Å². The number of hydrogen-bond acceptors (Lipinski definition) is 9. The lowest BCUT2D eigenvalue weighted by Gasteiger charge is -2.33. The molecule has 0 saturated carbocycles. The highest BCUT2D eigenvalue weighted by atomic mass is 32.1. The maximum absolute atomic E-state index is 13.1. The maximum Gasteiger partial charge on any atom is 0.258 e. The number of benzene rings is 1. The predicted molar refractivity (Wildman–Crippen MR) is 93.9 cm³/mol. The van der Waals surface area contributed by atoms with E-state index in [0.29, 0.717) is 41.8 Å². The van der Waals surface area contributed by atoms with Crippen LogP contribution in [0, 0.1) is 6.92 Å². The first-order valence-corrected chi connectivity index (χ1v) is 9.17. The number of aromatic nitrogens is 5. The first kappa shape index (κ1) is 16.1. The van der Waals surface area contributed by atoms with Crippen molar-refractivity contribution in [3.63, 3.8) is 0 Å². The van der Waals surface area contributed by atoms with E-state index in [1.165, 1.54) is 11.5 Å². The zero-order valence-corrected chi connectivity index (χ0v) is 15.4. The maximum atomic E-state index is 13.1. The monoisotopic (exact) mass is 385 g/mol. The zero-order chi connectivity index (χ0) is 18.5. The average molecular weight is 385 g/mol. The number of aryl methyl sites for hydroxylation is 1. The molecule has 3 aromatic rings. The third-order valence-corrected chi connectivity index (χ3v) is 5.47. The Kier molecular flexibility index (Phi) is 3.58. The van der Waals surface area contributed by atoms with Crippen LogP contribution in [0.15, 0.2) is 18.2 Å². The summed E-state index contributed by atoms with van der Waals surface area (Å²) in [5, 5.41) is 9.33. The molecule has 0 bridgehead atoms. The Bertz CT molecular complexity index is 1050. The second-order valence-electron chi connectivity index (χ2n) is 6.27. The van der Waals surface area contributed by atoms with E-state index in [2.05, 4.69) is 25.2 Å². The van der Waals surface area contributed by atoms with Crippen LogP contribution in [-0.2, 0) is 6.54 Å². The van der Waals surface area contributed by atoms with E-state index in [9.17, 15) is 4.79 Å². The molecule has 2 aliphatic rings. The molecule has 2 aromatic heterocycles. The Labute approximate surface area is 157 Å². The number of amides is 1.